The highest BCUT2D eigenvalue weighted by molar-refractivity contribution is 5.97. The molecule has 26 heavy (non-hydrogen) atoms. The number of carbonyl (C=O) groups is 3. The van der Waals surface area contributed by atoms with Crippen LogP contribution in [0.2, 0.25) is 0 Å². The molecule has 2 N–H and O–H groups in total. The monoisotopic (exact) mass is 358 g/mol. The number of hydrogen-bond acceptors (Lipinski definition) is 4. The molecule has 0 spiro atoms. The van der Waals surface area contributed by atoms with Crippen molar-refractivity contribution in [3.05, 3.63) is 53.3 Å². The molecule has 6 nitrogen and oxygen atoms in total. The van der Waals surface area contributed by atoms with Crippen molar-refractivity contribution in [1.29, 1.82) is 0 Å². The summed E-state index contributed by atoms with van der Waals surface area (Å²) in [7, 11) is 0. The van der Waals surface area contributed by atoms with Crippen molar-refractivity contribution in [1.82, 2.24) is 0 Å². The highest BCUT2D eigenvalue weighted by Gasteiger charge is 2.12. The van der Waals surface area contributed by atoms with Gasteiger partial charge in [-0.3, -0.25) is 14.4 Å². The van der Waals surface area contributed by atoms with Gasteiger partial charge >= 0.3 is 0 Å². The molecule has 0 fully saturated rings. The van der Waals surface area contributed by atoms with Gasteiger partial charge in [0.05, 0.1) is 11.4 Å². The number of aryl methyl sites for hydroxylation is 1. The van der Waals surface area contributed by atoms with E-state index in [1.807, 2.05) is 0 Å². The number of ether oxygens (including phenoxy) is 1. The lowest BCUT2D eigenvalue weighted by molar-refractivity contribution is -0.118. The zero-order valence-corrected chi connectivity index (χ0v) is 14.7. The first-order valence-corrected chi connectivity index (χ1v) is 7.87. The lowest BCUT2D eigenvalue weighted by atomic mass is 10.1. The van der Waals surface area contributed by atoms with E-state index in [1.165, 1.54) is 38.1 Å². The Balaban J connectivity index is 2.11. The maximum absolute atomic E-state index is 13.8. The zero-order chi connectivity index (χ0) is 19.3. The Bertz CT molecular complexity index is 865. The SMILES string of the molecule is CC(=O)Nc1ccc(C(C)=O)cc1OCC(=O)Nc1ccc(C)cc1F. The molecule has 0 bridgehead atoms. The highest BCUT2D eigenvalue weighted by atomic mass is 19.1. The van der Waals surface area contributed by atoms with Crippen LogP contribution in [0, 0.1) is 12.7 Å². The number of anilines is 2. The average molecular weight is 358 g/mol. The Kier molecular flexibility index (Phi) is 6.06. The minimum atomic E-state index is -0.574. The van der Waals surface area contributed by atoms with Crippen LogP contribution < -0.4 is 15.4 Å². The Morgan fingerprint density at radius 2 is 1.69 bits per heavy atom. The van der Waals surface area contributed by atoms with Gasteiger partial charge < -0.3 is 15.4 Å². The van der Waals surface area contributed by atoms with Gasteiger partial charge in [-0.2, -0.15) is 0 Å². The third-order valence-corrected chi connectivity index (χ3v) is 3.46. The van der Waals surface area contributed by atoms with Gasteiger partial charge in [-0.25, -0.2) is 4.39 Å². The molecule has 0 aliphatic heterocycles. The van der Waals surface area contributed by atoms with Crippen molar-refractivity contribution in [3.63, 3.8) is 0 Å². The maximum atomic E-state index is 13.8. The molecule has 7 heteroatoms. The predicted molar refractivity (Wildman–Crippen MR) is 96.0 cm³/mol. The predicted octanol–water partition coefficient (Wildman–Crippen LogP) is 3.31. The molecule has 0 unspecified atom stereocenters. The average Bonchev–Trinajstić information content (AvgIpc) is 2.56. The van der Waals surface area contributed by atoms with Gasteiger partial charge in [0.15, 0.2) is 12.4 Å². The summed E-state index contributed by atoms with van der Waals surface area (Å²) in [5, 5.41) is 4.97. The van der Waals surface area contributed by atoms with Crippen LogP contribution in [0.25, 0.3) is 0 Å². The topological polar surface area (TPSA) is 84.5 Å². The second-order valence-corrected chi connectivity index (χ2v) is 5.77. The molecule has 0 heterocycles. The number of Topliss-reactive ketones (excluding diaryl/α,β-unsaturated/α-hetero) is 1. The minimum absolute atomic E-state index is 0.0452. The number of carbonyl (C=O) groups excluding carboxylic acids is 3. The number of benzene rings is 2. The molecule has 0 saturated carbocycles. The van der Waals surface area contributed by atoms with E-state index in [-0.39, 0.29) is 23.1 Å². The highest BCUT2D eigenvalue weighted by Crippen LogP contribution is 2.26. The van der Waals surface area contributed by atoms with Crippen LogP contribution in [-0.2, 0) is 9.59 Å². The maximum Gasteiger partial charge on any atom is 0.262 e. The minimum Gasteiger partial charge on any atom is -0.482 e. The first-order valence-electron chi connectivity index (χ1n) is 7.87. The van der Waals surface area contributed by atoms with Crippen molar-refractivity contribution in [2.75, 3.05) is 17.2 Å². The quantitative estimate of drug-likeness (QED) is 0.776. The third kappa shape index (κ3) is 5.14. The van der Waals surface area contributed by atoms with E-state index in [0.717, 1.165) is 5.56 Å². The van der Waals surface area contributed by atoms with Crippen LogP contribution in [0.15, 0.2) is 36.4 Å². The molecular weight excluding hydrogens is 339 g/mol. The number of hydrogen-bond donors (Lipinski definition) is 2. The fourth-order valence-electron chi connectivity index (χ4n) is 2.20. The standard InChI is InChI=1S/C19H19FN2O4/c1-11-4-6-16(15(20)8-11)22-19(25)10-26-18-9-14(12(2)23)5-7-17(18)21-13(3)24/h4-9H,10H2,1-3H3,(H,21,24)(H,22,25). The van der Waals surface area contributed by atoms with E-state index >= 15 is 0 Å². The van der Waals surface area contributed by atoms with Crippen LogP contribution in [0.5, 0.6) is 5.75 Å². The molecule has 0 aromatic heterocycles. The van der Waals surface area contributed by atoms with E-state index in [4.69, 9.17) is 4.74 Å². The second-order valence-electron chi connectivity index (χ2n) is 5.77. The van der Waals surface area contributed by atoms with Crippen molar-refractivity contribution in [3.8, 4) is 5.75 Å². The summed E-state index contributed by atoms with van der Waals surface area (Å²) in [6.45, 7) is 4.05. The summed E-state index contributed by atoms with van der Waals surface area (Å²) in [6, 6.07) is 8.94. The van der Waals surface area contributed by atoms with Crippen LogP contribution >= 0.6 is 0 Å². The van der Waals surface area contributed by atoms with E-state index in [0.29, 0.717) is 11.3 Å². The number of nitrogens with one attached hydrogen (secondary N) is 2. The first kappa shape index (κ1) is 19.1. The molecule has 2 aromatic rings. The molecule has 2 aromatic carbocycles. The Morgan fingerprint density at radius 3 is 2.31 bits per heavy atom. The third-order valence-electron chi connectivity index (χ3n) is 3.46. The molecule has 0 saturated heterocycles. The van der Waals surface area contributed by atoms with Crippen LogP contribution in [0.3, 0.4) is 0 Å². The summed E-state index contributed by atoms with van der Waals surface area (Å²) in [5.74, 6) is -1.45. The normalized spacial score (nSPS) is 10.2. The van der Waals surface area contributed by atoms with Crippen molar-refractivity contribution in [2.45, 2.75) is 20.8 Å². The number of halogens is 1. The molecule has 0 aliphatic rings. The van der Waals surface area contributed by atoms with Crippen LogP contribution in [-0.4, -0.2) is 24.2 Å². The van der Waals surface area contributed by atoms with Crippen LogP contribution in [0.4, 0.5) is 15.8 Å². The van der Waals surface area contributed by atoms with Gasteiger partial charge in [0.1, 0.15) is 11.6 Å². The number of ketones is 1. The summed E-state index contributed by atoms with van der Waals surface area (Å²) >= 11 is 0. The van der Waals surface area contributed by atoms with E-state index < -0.39 is 18.3 Å². The lowest BCUT2D eigenvalue weighted by Gasteiger charge is -2.13. The molecular formula is C19H19FN2O4. The Hall–Kier alpha value is -3.22. The fraction of sp³-hybridized carbons (Fsp3) is 0.211. The lowest BCUT2D eigenvalue weighted by Crippen LogP contribution is -2.21. The number of rotatable bonds is 6. The second kappa shape index (κ2) is 8.24. The van der Waals surface area contributed by atoms with Gasteiger partial charge in [0.25, 0.3) is 5.91 Å². The van der Waals surface area contributed by atoms with Gasteiger partial charge in [0.2, 0.25) is 5.91 Å². The van der Waals surface area contributed by atoms with Gasteiger partial charge in [-0.1, -0.05) is 6.07 Å². The molecule has 2 amide bonds. The molecule has 0 radical (unpaired) electrons. The molecule has 0 aliphatic carbocycles. The van der Waals surface area contributed by atoms with Crippen LogP contribution in [0.1, 0.15) is 29.8 Å². The van der Waals surface area contributed by atoms with E-state index in [9.17, 15) is 18.8 Å². The van der Waals surface area contributed by atoms with Gasteiger partial charge in [0, 0.05) is 12.5 Å². The Labute approximate surface area is 150 Å². The summed E-state index contributed by atoms with van der Waals surface area (Å²) in [4.78, 5) is 34.8. The van der Waals surface area contributed by atoms with Gasteiger partial charge in [-0.15, -0.1) is 0 Å². The molecule has 2 rings (SSSR count). The van der Waals surface area contributed by atoms with E-state index in [2.05, 4.69) is 10.6 Å². The van der Waals surface area contributed by atoms with Crippen molar-refractivity contribution in [2.24, 2.45) is 0 Å². The van der Waals surface area contributed by atoms with E-state index in [1.54, 1.807) is 19.1 Å². The summed E-state index contributed by atoms with van der Waals surface area (Å²) in [6.07, 6.45) is 0. The zero-order valence-electron chi connectivity index (χ0n) is 14.7. The molecule has 0 atom stereocenters. The first-order chi connectivity index (χ1) is 12.3. The molecule has 136 valence electrons. The van der Waals surface area contributed by atoms with Crippen molar-refractivity contribution >= 4 is 29.0 Å². The largest absolute Gasteiger partial charge is 0.482 e. The summed E-state index contributed by atoms with van der Waals surface area (Å²) in [5.41, 5.74) is 1.48. The summed E-state index contributed by atoms with van der Waals surface area (Å²) < 4.78 is 19.2. The number of amides is 2. The Morgan fingerprint density at radius 1 is 1.00 bits per heavy atom. The fourth-order valence-corrected chi connectivity index (χ4v) is 2.20. The van der Waals surface area contributed by atoms with Crippen molar-refractivity contribution < 1.29 is 23.5 Å². The van der Waals surface area contributed by atoms with Gasteiger partial charge in [-0.05, 0) is 49.7 Å². The smallest absolute Gasteiger partial charge is 0.262 e.